The van der Waals surface area contributed by atoms with Gasteiger partial charge in [-0.05, 0) is 98.7 Å². The van der Waals surface area contributed by atoms with Crippen LogP contribution in [0.4, 0.5) is 0 Å². The fraction of sp³-hybridized carbons (Fsp3) is 0.961. The predicted molar refractivity (Wildman–Crippen MR) is 252 cm³/mol. The molecule has 5 heterocycles. The quantitative estimate of drug-likeness (QED) is 0.0548. The van der Waals surface area contributed by atoms with Crippen molar-refractivity contribution in [3.8, 4) is 0 Å². The monoisotopic (exact) mass is 1080 g/mol. The second kappa shape index (κ2) is 22.6. The van der Waals surface area contributed by atoms with Crippen molar-refractivity contribution in [3.05, 3.63) is 12.2 Å². The lowest BCUT2D eigenvalue weighted by Gasteiger charge is -2.62. The molecule has 0 aromatic rings. The Morgan fingerprint density at radius 2 is 1.16 bits per heavy atom. The lowest BCUT2D eigenvalue weighted by atomic mass is 9.44. The number of aliphatic hydroxyl groups excluding tert-OH is 14. The highest BCUT2D eigenvalue weighted by atomic mass is 16.8. The normalized spacial score (nSPS) is 55.9. The van der Waals surface area contributed by atoms with Crippen molar-refractivity contribution in [2.24, 2.45) is 46.3 Å². The molecule has 5 aliphatic heterocycles. The molecular weight excluding hydrogens is 997 g/mol. The molecule has 24 nitrogen and oxygen atoms in total. The molecule has 0 aromatic heterocycles. The van der Waals surface area contributed by atoms with Crippen molar-refractivity contribution in [1.29, 1.82) is 0 Å². The maximum Gasteiger partial charge on any atom is 0.187 e. The molecule has 15 N–H and O–H groups in total. The van der Waals surface area contributed by atoms with E-state index in [9.17, 15) is 76.6 Å². The zero-order chi connectivity index (χ0) is 54.4. The molecule has 9 aliphatic rings. The molecule has 0 unspecified atom stereocenters. The van der Waals surface area contributed by atoms with Crippen LogP contribution in [0.3, 0.4) is 0 Å². The summed E-state index contributed by atoms with van der Waals surface area (Å²) in [6.45, 7) is 9.96. The van der Waals surface area contributed by atoms with Crippen molar-refractivity contribution in [1.82, 2.24) is 0 Å². The van der Waals surface area contributed by atoms with Gasteiger partial charge in [0.15, 0.2) is 30.9 Å². The number of fused-ring (bicyclic) bond motifs is 7. The van der Waals surface area contributed by atoms with Gasteiger partial charge in [0.1, 0.15) is 91.6 Å². The van der Waals surface area contributed by atoms with E-state index < -0.39 is 161 Å². The van der Waals surface area contributed by atoms with Crippen molar-refractivity contribution in [2.75, 3.05) is 26.4 Å². The molecule has 0 bridgehead atoms. The van der Waals surface area contributed by atoms with Gasteiger partial charge in [0.25, 0.3) is 0 Å². The summed E-state index contributed by atoms with van der Waals surface area (Å²) in [6, 6.07) is 0. The van der Waals surface area contributed by atoms with Crippen molar-refractivity contribution in [3.63, 3.8) is 0 Å². The van der Waals surface area contributed by atoms with Crippen LogP contribution in [-0.2, 0) is 42.6 Å². The SMILES string of the molecule is C=C(CC[C@@]1(O)O[C@H]2C[C@H]3[C@@H]4CC[C@H]5C[C@@H](O[C@@H]6O[C@H](CO)[C@@H](O[C@@H]7O[C@H](CO)[C@@H](O)[C@H](O)[C@H]7O)[C@H](O)[C@H]6O[C@@H]6O[C@@H](C)[C@H](O)[C@@H](O)[C@H]6O)[C@H](O)C[C@]5(C)[C@H]4CC[C@]3(C)[C@H]2[C@@H]1C)CO[C@@H]1O[C@H](CO)[C@@H](O)[C@H](O)[C@H]1O. The zero-order valence-corrected chi connectivity index (χ0v) is 43.0. The fourth-order valence-electron chi connectivity index (χ4n) is 15.5. The van der Waals surface area contributed by atoms with Crippen LogP contribution in [0.5, 0.6) is 0 Å². The third-order valence-electron chi connectivity index (χ3n) is 19.8. The molecule has 4 aliphatic carbocycles. The van der Waals surface area contributed by atoms with E-state index in [1.165, 1.54) is 6.92 Å². The van der Waals surface area contributed by atoms with Gasteiger partial charge in [0, 0.05) is 12.3 Å². The summed E-state index contributed by atoms with van der Waals surface area (Å²) in [5.41, 5.74) is 0.154. The Morgan fingerprint density at radius 3 is 1.80 bits per heavy atom. The van der Waals surface area contributed by atoms with E-state index >= 15 is 0 Å². The highest BCUT2D eigenvalue weighted by Gasteiger charge is 2.69. The Bertz CT molecular complexity index is 1940. The van der Waals surface area contributed by atoms with E-state index in [-0.39, 0.29) is 53.6 Å². The summed E-state index contributed by atoms with van der Waals surface area (Å²) in [6.07, 6.45) is -27.9. The summed E-state index contributed by atoms with van der Waals surface area (Å²) >= 11 is 0. The number of rotatable bonds is 15. The summed E-state index contributed by atoms with van der Waals surface area (Å²) in [7, 11) is 0. The lowest BCUT2D eigenvalue weighted by Crippen LogP contribution is -2.67. The highest BCUT2D eigenvalue weighted by molar-refractivity contribution is 5.16. The van der Waals surface area contributed by atoms with E-state index in [4.69, 9.17) is 42.6 Å². The van der Waals surface area contributed by atoms with Crippen LogP contribution in [0.2, 0.25) is 0 Å². The second-order valence-corrected chi connectivity index (χ2v) is 24.0. The van der Waals surface area contributed by atoms with E-state index in [2.05, 4.69) is 20.4 Å². The Hall–Kier alpha value is -1.22. The standard InChI is InChI=1S/C51H84O24/c1-19(18-67-45-39(62)37(60)34(57)29(15-52)70-45)8-11-51(66)20(2)32-28(75-51)13-25-23-7-6-22-12-27(26(55)14-50(22,5)24(23)9-10-49(25,32)4)69-48-44(74-46-40(63)36(59)33(56)21(3)68-46)42(65)43(31(17-54)72-48)73-47-41(64)38(61)35(58)30(16-53)71-47/h20-48,52-66H,1,6-18H2,2-5H3/t20-,21-,22-,23+,24-,25-,26+,27+,28-,29+,30+,31+,32-,33-,34+,35+,36+,37-,38-,39+,40+,41+,42-,43+,44+,45+,46-,47-,48+,49-,50-,51+/m0/s1. The minimum atomic E-state index is -1.89. The largest absolute Gasteiger partial charge is 0.394 e. The van der Waals surface area contributed by atoms with Crippen LogP contribution in [0.25, 0.3) is 0 Å². The summed E-state index contributed by atoms with van der Waals surface area (Å²) < 4.78 is 53.9. The predicted octanol–water partition coefficient (Wildman–Crippen LogP) is -4.04. The minimum absolute atomic E-state index is 0.0632. The van der Waals surface area contributed by atoms with Crippen molar-refractivity contribution < 1.29 is 119 Å². The van der Waals surface area contributed by atoms with Crippen LogP contribution < -0.4 is 0 Å². The molecule has 32 atom stereocenters. The van der Waals surface area contributed by atoms with Crippen LogP contribution >= 0.6 is 0 Å². The summed E-state index contributed by atoms with van der Waals surface area (Å²) in [5, 5.41) is 161. The maximum absolute atomic E-state index is 12.1. The molecule has 0 radical (unpaired) electrons. The Balaban J connectivity index is 0.848. The molecule has 24 heteroatoms. The fourth-order valence-corrected chi connectivity index (χ4v) is 15.5. The molecule has 5 saturated heterocycles. The van der Waals surface area contributed by atoms with Crippen LogP contribution in [0, 0.1) is 46.3 Å². The molecule has 432 valence electrons. The summed E-state index contributed by atoms with van der Waals surface area (Å²) in [5.74, 6) is -0.608. The first kappa shape index (κ1) is 58.4. The van der Waals surface area contributed by atoms with Gasteiger partial charge in [-0.1, -0.05) is 32.9 Å². The van der Waals surface area contributed by atoms with E-state index in [1.807, 2.05) is 6.92 Å². The third kappa shape index (κ3) is 10.5. The number of aliphatic hydroxyl groups is 15. The minimum Gasteiger partial charge on any atom is -0.394 e. The number of hydrogen-bond donors (Lipinski definition) is 15. The van der Waals surface area contributed by atoms with Gasteiger partial charge in [-0.15, -0.1) is 0 Å². The average Bonchev–Trinajstić information content (AvgIpc) is 3.82. The first-order valence-corrected chi connectivity index (χ1v) is 27.0. The molecule has 4 saturated carbocycles. The van der Waals surface area contributed by atoms with Crippen LogP contribution in [0.15, 0.2) is 12.2 Å². The molecule has 75 heavy (non-hydrogen) atoms. The second-order valence-electron chi connectivity index (χ2n) is 24.0. The van der Waals surface area contributed by atoms with Gasteiger partial charge in [0.2, 0.25) is 0 Å². The topological polar surface area (TPSA) is 387 Å². The Labute approximate surface area is 435 Å². The van der Waals surface area contributed by atoms with Gasteiger partial charge in [0.05, 0.1) is 50.8 Å². The Morgan fingerprint density at radius 1 is 0.587 bits per heavy atom. The van der Waals surface area contributed by atoms with E-state index in [0.29, 0.717) is 36.7 Å². The van der Waals surface area contributed by atoms with Gasteiger partial charge >= 0.3 is 0 Å². The van der Waals surface area contributed by atoms with Gasteiger partial charge in [-0.2, -0.15) is 0 Å². The molecule has 0 amide bonds. The van der Waals surface area contributed by atoms with Gasteiger partial charge in [-0.25, -0.2) is 0 Å². The maximum atomic E-state index is 12.1. The average molecular weight is 1080 g/mol. The third-order valence-corrected chi connectivity index (χ3v) is 19.8. The Kier molecular flexibility index (Phi) is 17.6. The van der Waals surface area contributed by atoms with Gasteiger partial charge < -0.3 is 119 Å². The van der Waals surface area contributed by atoms with E-state index in [1.54, 1.807) is 0 Å². The zero-order valence-electron chi connectivity index (χ0n) is 43.0. The van der Waals surface area contributed by atoms with Gasteiger partial charge in [-0.3, -0.25) is 0 Å². The molecule has 0 spiro atoms. The van der Waals surface area contributed by atoms with Crippen LogP contribution in [-0.4, -0.2) is 250 Å². The van der Waals surface area contributed by atoms with Crippen LogP contribution in [0.1, 0.15) is 85.5 Å². The molecule has 9 fully saturated rings. The first-order chi connectivity index (χ1) is 35.4. The number of ether oxygens (including phenoxy) is 9. The lowest BCUT2D eigenvalue weighted by molar-refractivity contribution is -0.392. The van der Waals surface area contributed by atoms with Crippen molar-refractivity contribution in [2.45, 2.75) is 232 Å². The van der Waals surface area contributed by atoms with Crippen molar-refractivity contribution >= 4 is 0 Å². The molecule has 9 rings (SSSR count). The van der Waals surface area contributed by atoms with E-state index in [0.717, 1.165) is 32.1 Å². The molecular formula is C51H84O24. The highest BCUT2D eigenvalue weighted by Crippen LogP contribution is 2.71. The smallest absolute Gasteiger partial charge is 0.187 e. The number of hydrogen-bond acceptors (Lipinski definition) is 24. The first-order valence-electron chi connectivity index (χ1n) is 27.0. The summed E-state index contributed by atoms with van der Waals surface area (Å²) in [4.78, 5) is 0. The molecule has 0 aromatic carbocycles.